The molecule has 0 aliphatic rings. The lowest BCUT2D eigenvalue weighted by molar-refractivity contribution is 0.0651. The standard InChI is InChI=1S/C19H33N3O3.HI/c1-4-20-19(22-12-14-24-16-15-23-3)21-11-8-13-25-17(2)18-9-6-5-7-10-18;/h5-7,9-10,17H,4,8,11-16H2,1-3H3,(H2,20,21,22);1H. The maximum absolute atomic E-state index is 5.86. The maximum Gasteiger partial charge on any atom is 0.191 e. The van der Waals surface area contributed by atoms with Gasteiger partial charge in [0.05, 0.1) is 25.9 Å². The summed E-state index contributed by atoms with van der Waals surface area (Å²) in [5, 5.41) is 6.48. The third kappa shape index (κ3) is 12.5. The average Bonchev–Trinajstić information content (AvgIpc) is 2.64. The zero-order chi connectivity index (χ0) is 18.2. The molecule has 2 N–H and O–H groups in total. The summed E-state index contributed by atoms with van der Waals surface area (Å²) in [4.78, 5) is 4.55. The van der Waals surface area contributed by atoms with Gasteiger partial charge in [0.25, 0.3) is 0 Å². The van der Waals surface area contributed by atoms with Gasteiger partial charge in [0.15, 0.2) is 5.96 Å². The van der Waals surface area contributed by atoms with Crippen molar-refractivity contribution in [1.29, 1.82) is 0 Å². The Morgan fingerprint density at radius 2 is 1.85 bits per heavy atom. The second-order valence-electron chi connectivity index (χ2n) is 5.57. The van der Waals surface area contributed by atoms with E-state index in [2.05, 4.69) is 41.6 Å². The fourth-order valence-electron chi connectivity index (χ4n) is 2.16. The van der Waals surface area contributed by atoms with E-state index in [0.717, 1.165) is 32.0 Å². The average molecular weight is 479 g/mol. The number of ether oxygens (including phenoxy) is 3. The van der Waals surface area contributed by atoms with Gasteiger partial charge in [-0.25, -0.2) is 0 Å². The molecule has 0 amide bonds. The van der Waals surface area contributed by atoms with Gasteiger partial charge in [-0.15, -0.1) is 24.0 Å². The Hall–Kier alpha value is -0.900. The molecule has 0 aliphatic carbocycles. The normalized spacial score (nSPS) is 12.3. The fraction of sp³-hybridized carbons (Fsp3) is 0.632. The van der Waals surface area contributed by atoms with Crippen LogP contribution in [0.15, 0.2) is 35.3 Å². The maximum atomic E-state index is 5.86. The van der Waals surface area contributed by atoms with Gasteiger partial charge < -0.3 is 24.8 Å². The van der Waals surface area contributed by atoms with E-state index in [0.29, 0.717) is 26.4 Å². The van der Waals surface area contributed by atoms with Crippen LogP contribution in [0.2, 0.25) is 0 Å². The summed E-state index contributed by atoms with van der Waals surface area (Å²) in [6.07, 6.45) is 0.999. The van der Waals surface area contributed by atoms with Crippen LogP contribution in [-0.4, -0.2) is 59.1 Å². The molecule has 0 radical (unpaired) electrons. The van der Waals surface area contributed by atoms with Crippen molar-refractivity contribution >= 4 is 29.9 Å². The summed E-state index contributed by atoms with van der Waals surface area (Å²) >= 11 is 0. The van der Waals surface area contributed by atoms with Gasteiger partial charge >= 0.3 is 0 Å². The Morgan fingerprint density at radius 1 is 1.08 bits per heavy atom. The van der Waals surface area contributed by atoms with Crippen LogP contribution < -0.4 is 10.6 Å². The van der Waals surface area contributed by atoms with Crippen LogP contribution in [0.25, 0.3) is 0 Å². The first-order valence-electron chi connectivity index (χ1n) is 9.03. The van der Waals surface area contributed by atoms with Crippen LogP contribution in [0.1, 0.15) is 31.9 Å². The molecule has 0 saturated heterocycles. The molecule has 1 rings (SSSR count). The Bertz CT molecular complexity index is 461. The van der Waals surface area contributed by atoms with Crippen LogP contribution >= 0.6 is 24.0 Å². The molecule has 0 bridgehead atoms. The van der Waals surface area contributed by atoms with Crippen molar-refractivity contribution in [2.24, 2.45) is 4.99 Å². The van der Waals surface area contributed by atoms with E-state index < -0.39 is 0 Å². The highest BCUT2D eigenvalue weighted by atomic mass is 127. The molecule has 1 atom stereocenters. The topological polar surface area (TPSA) is 64.1 Å². The van der Waals surface area contributed by atoms with Crippen molar-refractivity contribution in [1.82, 2.24) is 10.6 Å². The minimum atomic E-state index is 0. The summed E-state index contributed by atoms with van der Waals surface area (Å²) < 4.78 is 16.2. The zero-order valence-corrected chi connectivity index (χ0v) is 18.5. The Labute approximate surface area is 175 Å². The molecule has 150 valence electrons. The molecule has 0 spiro atoms. The number of aliphatic imine (C=N–C) groups is 1. The summed E-state index contributed by atoms with van der Waals surface area (Å²) in [5.74, 6) is 0.814. The number of hydrogen-bond acceptors (Lipinski definition) is 4. The van der Waals surface area contributed by atoms with Crippen molar-refractivity contribution in [3.05, 3.63) is 35.9 Å². The van der Waals surface area contributed by atoms with Crippen LogP contribution in [0.3, 0.4) is 0 Å². The highest BCUT2D eigenvalue weighted by molar-refractivity contribution is 14.0. The van der Waals surface area contributed by atoms with Crippen molar-refractivity contribution in [3.8, 4) is 0 Å². The number of benzene rings is 1. The van der Waals surface area contributed by atoms with Crippen LogP contribution in [0, 0.1) is 0 Å². The van der Waals surface area contributed by atoms with Gasteiger partial charge in [-0.2, -0.15) is 0 Å². The molecule has 7 heteroatoms. The molecule has 6 nitrogen and oxygen atoms in total. The quantitative estimate of drug-likeness (QED) is 0.197. The third-order valence-corrected chi connectivity index (χ3v) is 3.52. The monoisotopic (exact) mass is 479 g/mol. The highest BCUT2D eigenvalue weighted by Gasteiger charge is 2.04. The minimum Gasteiger partial charge on any atom is -0.382 e. The Kier molecular flexibility index (Phi) is 16.9. The molecule has 26 heavy (non-hydrogen) atoms. The van der Waals surface area contributed by atoms with Crippen molar-refractivity contribution in [2.45, 2.75) is 26.4 Å². The third-order valence-electron chi connectivity index (χ3n) is 3.52. The van der Waals surface area contributed by atoms with Gasteiger partial charge in [0, 0.05) is 33.4 Å². The van der Waals surface area contributed by atoms with Gasteiger partial charge in [0.1, 0.15) is 0 Å². The lowest BCUT2D eigenvalue weighted by Crippen LogP contribution is -2.39. The molecule has 0 saturated carbocycles. The molecule has 1 aromatic rings. The molecule has 0 heterocycles. The number of guanidine groups is 1. The Morgan fingerprint density at radius 3 is 2.54 bits per heavy atom. The Balaban J connectivity index is 0.00000625. The highest BCUT2D eigenvalue weighted by Crippen LogP contribution is 2.15. The lowest BCUT2D eigenvalue weighted by atomic mass is 10.1. The first-order chi connectivity index (χ1) is 12.3. The van der Waals surface area contributed by atoms with Crippen LogP contribution in [0.4, 0.5) is 0 Å². The van der Waals surface area contributed by atoms with Crippen LogP contribution in [-0.2, 0) is 14.2 Å². The smallest absolute Gasteiger partial charge is 0.191 e. The second kappa shape index (κ2) is 17.5. The molecule has 0 aliphatic heterocycles. The lowest BCUT2D eigenvalue weighted by Gasteiger charge is -2.13. The van der Waals surface area contributed by atoms with E-state index in [1.54, 1.807) is 7.11 Å². The SMILES string of the molecule is CCNC(=NCCCOC(C)c1ccccc1)NCCOCCOC.I. The van der Waals surface area contributed by atoms with Gasteiger partial charge in [-0.1, -0.05) is 30.3 Å². The van der Waals surface area contributed by atoms with E-state index in [4.69, 9.17) is 14.2 Å². The van der Waals surface area contributed by atoms with E-state index >= 15 is 0 Å². The summed E-state index contributed by atoms with van der Waals surface area (Å²) in [6.45, 7) is 8.96. The van der Waals surface area contributed by atoms with Crippen LogP contribution in [0.5, 0.6) is 0 Å². The minimum absolute atomic E-state index is 0. The van der Waals surface area contributed by atoms with Crippen molar-refractivity contribution in [2.75, 3.05) is 53.2 Å². The first kappa shape index (κ1) is 25.1. The zero-order valence-electron chi connectivity index (χ0n) is 16.2. The first-order valence-corrected chi connectivity index (χ1v) is 9.03. The molecule has 1 aromatic carbocycles. The number of nitrogens with one attached hydrogen (secondary N) is 2. The number of rotatable bonds is 13. The second-order valence-corrected chi connectivity index (χ2v) is 5.57. The van der Waals surface area contributed by atoms with Gasteiger partial charge in [-0.3, -0.25) is 4.99 Å². The van der Waals surface area contributed by atoms with Gasteiger partial charge in [-0.05, 0) is 25.8 Å². The van der Waals surface area contributed by atoms with E-state index in [-0.39, 0.29) is 30.1 Å². The van der Waals surface area contributed by atoms with E-state index in [1.807, 2.05) is 18.2 Å². The van der Waals surface area contributed by atoms with Gasteiger partial charge in [0.2, 0.25) is 0 Å². The fourth-order valence-corrected chi connectivity index (χ4v) is 2.16. The van der Waals surface area contributed by atoms with E-state index in [1.165, 1.54) is 5.56 Å². The number of halogens is 1. The number of nitrogens with zero attached hydrogens (tertiary/aromatic N) is 1. The van der Waals surface area contributed by atoms with Crippen molar-refractivity contribution in [3.63, 3.8) is 0 Å². The molecular weight excluding hydrogens is 445 g/mol. The molecule has 0 fully saturated rings. The summed E-state index contributed by atoms with van der Waals surface area (Å²) in [7, 11) is 1.67. The number of hydrogen-bond donors (Lipinski definition) is 2. The predicted molar refractivity (Wildman–Crippen MR) is 118 cm³/mol. The van der Waals surface area contributed by atoms with Crippen molar-refractivity contribution < 1.29 is 14.2 Å². The summed E-state index contributed by atoms with van der Waals surface area (Å²) in [5.41, 5.74) is 1.20. The molecular formula is C19H34IN3O3. The molecule has 0 aromatic heterocycles. The summed E-state index contributed by atoms with van der Waals surface area (Å²) in [6, 6.07) is 10.3. The number of methoxy groups -OCH3 is 1. The predicted octanol–water partition coefficient (Wildman–Crippen LogP) is 2.99. The largest absolute Gasteiger partial charge is 0.382 e. The van der Waals surface area contributed by atoms with E-state index in [9.17, 15) is 0 Å². The molecule has 1 unspecified atom stereocenters.